The van der Waals surface area contributed by atoms with Crippen molar-refractivity contribution >= 4 is 5.97 Å². The maximum absolute atomic E-state index is 10.5. The Morgan fingerprint density at radius 1 is 1.36 bits per heavy atom. The summed E-state index contributed by atoms with van der Waals surface area (Å²) >= 11 is 0. The van der Waals surface area contributed by atoms with E-state index in [0.717, 1.165) is 19.3 Å². The van der Waals surface area contributed by atoms with Crippen molar-refractivity contribution in [1.29, 1.82) is 0 Å². The van der Waals surface area contributed by atoms with Crippen molar-refractivity contribution in [3.05, 3.63) is 0 Å². The molecule has 3 heteroatoms. The van der Waals surface area contributed by atoms with E-state index < -0.39 is 5.97 Å². The monoisotopic (exact) mass is 155 g/mol. The van der Waals surface area contributed by atoms with Crippen molar-refractivity contribution in [2.45, 2.75) is 25.3 Å². The maximum Gasteiger partial charge on any atom is 0.306 e. The smallest absolute Gasteiger partial charge is 0.306 e. The standard InChI is InChI=1S/C8H13NO2/c9-5-1-4(2-5)6-3-7(6)8(10)11/h4-7H,1-3,9H2,(H,10,11)/t4?,5?,6?,7-/m0/s1. The molecule has 2 rings (SSSR count). The highest BCUT2D eigenvalue weighted by atomic mass is 16.4. The van der Waals surface area contributed by atoms with Gasteiger partial charge >= 0.3 is 5.97 Å². The van der Waals surface area contributed by atoms with Crippen LogP contribution >= 0.6 is 0 Å². The van der Waals surface area contributed by atoms with Gasteiger partial charge in [-0.05, 0) is 31.1 Å². The summed E-state index contributed by atoms with van der Waals surface area (Å²) < 4.78 is 0. The van der Waals surface area contributed by atoms with Crippen LogP contribution in [0.4, 0.5) is 0 Å². The number of carboxylic acids is 1. The van der Waals surface area contributed by atoms with E-state index in [1.165, 1.54) is 0 Å². The van der Waals surface area contributed by atoms with Crippen molar-refractivity contribution in [3.8, 4) is 0 Å². The Balaban J connectivity index is 1.79. The first-order valence-corrected chi connectivity index (χ1v) is 4.17. The van der Waals surface area contributed by atoms with Crippen LogP contribution in [0.25, 0.3) is 0 Å². The number of rotatable bonds is 2. The minimum atomic E-state index is -0.615. The number of nitrogens with two attached hydrogens (primary N) is 1. The van der Waals surface area contributed by atoms with Crippen LogP contribution in [0.2, 0.25) is 0 Å². The average Bonchev–Trinajstić information content (AvgIpc) is 2.58. The molecule has 0 amide bonds. The van der Waals surface area contributed by atoms with E-state index in [-0.39, 0.29) is 5.92 Å². The van der Waals surface area contributed by atoms with Crippen molar-refractivity contribution in [1.82, 2.24) is 0 Å². The summed E-state index contributed by atoms with van der Waals surface area (Å²) in [5, 5.41) is 8.63. The summed E-state index contributed by atoms with van der Waals surface area (Å²) in [5.41, 5.74) is 5.61. The number of carbonyl (C=O) groups is 1. The largest absolute Gasteiger partial charge is 0.481 e. The van der Waals surface area contributed by atoms with Gasteiger partial charge in [-0.3, -0.25) is 4.79 Å². The molecule has 0 aliphatic heterocycles. The van der Waals surface area contributed by atoms with E-state index in [1.54, 1.807) is 0 Å². The van der Waals surface area contributed by atoms with Crippen LogP contribution in [0.15, 0.2) is 0 Å². The van der Waals surface area contributed by atoms with Crippen molar-refractivity contribution < 1.29 is 9.90 Å². The van der Waals surface area contributed by atoms with Gasteiger partial charge in [0.1, 0.15) is 0 Å². The summed E-state index contributed by atoms with van der Waals surface area (Å²) in [7, 11) is 0. The molecule has 0 aromatic rings. The third-order valence-corrected chi connectivity index (χ3v) is 2.97. The van der Waals surface area contributed by atoms with E-state index in [9.17, 15) is 4.79 Å². The lowest BCUT2D eigenvalue weighted by molar-refractivity contribution is -0.139. The first-order chi connectivity index (χ1) is 5.18. The zero-order valence-electron chi connectivity index (χ0n) is 6.36. The van der Waals surface area contributed by atoms with Gasteiger partial charge in [-0.15, -0.1) is 0 Å². The summed E-state index contributed by atoms with van der Waals surface area (Å²) in [4.78, 5) is 10.5. The van der Waals surface area contributed by atoms with Crippen molar-refractivity contribution in [3.63, 3.8) is 0 Å². The highest BCUT2D eigenvalue weighted by Gasteiger charge is 2.50. The third kappa shape index (κ3) is 1.13. The SMILES string of the molecule is NC1CC(C2C[C@@H]2C(=O)O)C1. The lowest BCUT2D eigenvalue weighted by atomic mass is 9.77. The van der Waals surface area contributed by atoms with Crippen LogP contribution in [0, 0.1) is 17.8 Å². The summed E-state index contributed by atoms with van der Waals surface area (Å²) in [6, 6.07) is 0.357. The van der Waals surface area contributed by atoms with Gasteiger partial charge in [0.05, 0.1) is 5.92 Å². The second-order valence-corrected chi connectivity index (χ2v) is 3.84. The summed E-state index contributed by atoms with van der Waals surface area (Å²) in [5.74, 6) is 0.446. The molecular formula is C8H13NO2. The summed E-state index contributed by atoms with van der Waals surface area (Å²) in [6.07, 6.45) is 3.00. The Morgan fingerprint density at radius 2 is 2.00 bits per heavy atom. The highest BCUT2D eigenvalue weighted by molar-refractivity contribution is 5.73. The minimum absolute atomic E-state index is 0.0347. The van der Waals surface area contributed by atoms with Crippen molar-refractivity contribution in [2.24, 2.45) is 23.5 Å². The molecule has 2 aliphatic carbocycles. The molecule has 0 bridgehead atoms. The van der Waals surface area contributed by atoms with Crippen LogP contribution in [0.5, 0.6) is 0 Å². The van der Waals surface area contributed by atoms with Gasteiger partial charge in [-0.25, -0.2) is 0 Å². The number of hydrogen-bond acceptors (Lipinski definition) is 2. The molecule has 2 fully saturated rings. The normalized spacial score (nSPS) is 48.1. The number of carboxylic acid groups (broad SMARTS) is 1. The Kier molecular flexibility index (Phi) is 1.42. The maximum atomic E-state index is 10.5. The average molecular weight is 155 g/mol. The fraction of sp³-hybridized carbons (Fsp3) is 0.875. The Labute approximate surface area is 65.6 Å². The quantitative estimate of drug-likeness (QED) is 0.608. The molecule has 0 aromatic carbocycles. The fourth-order valence-corrected chi connectivity index (χ4v) is 2.08. The first-order valence-electron chi connectivity index (χ1n) is 4.17. The molecule has 0 aromatic heterocycles. The molecule has 2 aliphatic rings. The third-order valence-electron chi connectivity index (χ3n) is 2.97. The van der Waals surface area contributed by atoms with Gasteiger partial charge in [-0.1, -0.05) is 0 Å². The van der Waals surface area contributed by atoms with Crippen LogP contribution in [0.3, 0.4) is 0 Å². The first kappa shape index (κ1) is 7.10. The Bertz CT molecular complexity index is 187. The van der Waals surface area contributed by atoms with Gasteiger partial charge in [-0.2, -0.15) is 0 Å². The van der Waals surface area contributed by atoms with Gasteiger partial charge in [0, 0.05) is 6.04 Å². The van der Waals surface area contributed by atoms with Gasteiger partial charge < -0.3 is 10.8 Å². The van der Waals surface area contributed by atoms with E-state index in [0.29, 0.717) is 17.9 Å². The van der Waals surface area contributed by atoms with Crippen LogP contribution in [0.1, 0.15) is 19.3 Å². The molecule has 2 atom stereocenters. The molecule has 3 N–H and O–H groups in total. The number of hydrogen-bond donors (Lipinski definition) is 2. The van der Waals surface area contributed by atoms with E-state index in [4.69, 9.17) is 10.8 Å². The van der Waals surface area contributed by atoms with Crippen LogP contribution in [-0.4, -0.2) is 17.1 Å². The van der Waals surface area contributed by atoms with Gasteiger partial charge in [0.15, 0.2) is 0 Å². The molecule has 0 spiro atoms. The zero-order chi connectivity index (χ0) is 8.01. The van der Waals surface area contributed by atoms with Gasteiger partial charge in [0.2, 0.25) is 0 Å². The van der Waals surface area contributed by atoms with E-state index in [1.807, 2.05) is 0 Å². The molecule has 2 saturated carbocycles. The van der Waals surface area contributed by atoms with Gasteiger partial charge in [0.25, 0.3) is 0 Å². The Morgan fingerprint density at radius 3 is 2.36 bits per heavy atom. The lowest BCUT2D eigenvalue weighted by Crippen LogP contribution is -2.37. The topological polar surface area (TPSA) is 63.3 Å². The predicted octanol–water partition coefficient (Wildman–Crippen LogP) is 0.444. The second kappa shape index (κ2) is 2.21. The summed E-state index contributed by atoms with van der Waals surface area (Å²) in [6.45, 7) is 0. The predicted molar refractivity (Wildman–Crippen MR) is 39.9 cm³/mol. The lowest BCUT2D eigenvalue weighted by Gasteiger charge is -2.32. The molecule has 3 nitrogen and oxygen atoms in total. The number of aliphatic carboxylic acids is 1. The molecule has 0 radical (unpaired) electrons. The molecule has 11 heavy (non-hydrogen) atoms. The van der Waals surface area contributed by atoms with Crippen LogP contribution in [-0.2, 0) is 4.79 Å². The second-order valence-electron chi connectivity index (χ2n) is 3.84. The minimum Gasteiger partial charge on any atom is -0.481 e. The highest BCUT2D eigenvalue weighted by Crippen LogP contribution is 2.51. The molecular weight excluding hydrogens is 142 g/mol. The molecule has 0 saturated heterocycles. The van der Waals surface area contributed by atoms with E-state index >= 15 is 0 Å². The van der Waals surface area contributed by atoms with E-state index in [2.05, 4.69) is 0 Å². The molecule has 1 unspecified atom stereocenters. The zero-order valence-corrected chi connectivity index (χ0v) is 6.36. The van der Waals surface area contributed by atoms with Crippen LogP contribution < -0.4 is 5.73 Å². The molecule has 0 heterocycles. The Hall–Kier alpha value is -0.570. The molecule has 62 valence electrons. The van der Waals surface area contributed by atoms with Crippen molar-refractivity contribution in [2.75, 3.05) is 0 Å². The fourth-order valence-electron chi connectivity index (χ4n) is 2.08.